The molecule has 0 radical (unpaired) electrons. The molecule has 2 heterocycles. The van der Waals surface area contributed by atoms with Gasteiger partial charge < -0.3 is 14.3 Å². The molecule has 1 N–H and O–H groups in total. The van der Waals surface area contributed by atoms with E-state index in [0.717, 1.165) is 11.1 Å². The minimum atomic E-state index is -0.302. The molecule has 25 heavy (non-hydrogen) atoms. The fourth-order valence-corrected chi connectivity index (χ4v) is 2.34. The molecule has 0 spiro atoms. The first-order chi connectivity index (χ1) is 12.3. The van der Waals surface area contributed by atoms with Gasteiger partial charge in [-0.3, -0.25) is 4.79 Å². The summed E-state index contributed by atoms with van der Waals surface area (Å²) in [7, 11) is 0. The normalized spacial score (nSPS) is 10.6. The third kappa shape index (κ3) is 3.18. The van der Waals surface area contributed by atoms with E-state index < -0.39 is 0 Å². The Labute approximate surface area is 143 Å². The van der Waals surface area contributed by atoms with Crippen LogP contribution in [0.15, 0.2) is 81.9 Å². The fourth-order valence-electron chi connectivity index (χ4n) is 2.34. The molecular weight excluding hydrogens is 318 g/mol. The van der Waals surface area contributed by atoms with Gasteiger partial charge in [0.25, 0.3) is 11.8 Å². The summed E-state index contributed by atoms with van der Waals surface area (Å²) in [6.07, 6.45) is 1.46. The Morgan fingerprint density at radius 3 is 2.40 bits per heavy atom. The molecule has 2 aromatic heterocycles. The van der Waals surface area contributed by atoms with Crippen molar-refractivity contribution in [1.82, 2.24) is 10.1 Å². The molecule has 0 aliphatic carbocycles. The van der Waals surface area contributed by atoms with Gasteiger partial charge in [0, 0.05) is 16.8 Å². The topological polar surface area (TPSA) is 81.2 Å². The molecule has 6 heteroatoms. The van der Waals surface area contributed by atoms with E-state index in [2.05, 4.69) is 15.5 Å². The first-order valence-electron chi connectivity index (χ1n) is 7.64. The Kier molecular flexibility index (Phi) is 3.84. The van der Waals surface area contributed by atoms with Gasteiger partial charge in [-0.1, -0.05) is 23.4 Å². The zero-order chi connectivity index (χ0) is 17.1. The van der Waals surface area contributed by atoms with Crippen LogP contribution in [0.2, 0.25) is 0 Å². The molecule has 0 atom stereocenters. The van der Waals surface area contributed by atoms with Crippen LogP contribution >= 0.6 is 0 Å². The molecule has 122 valence electrons. The van der Waals surface area contributed by atoms with E-state index in [1.807, 2.05) is 42.5 Å². The molecule has 0 bridgehead atoms. The molecule has 0 fully saturated rings. The average Bonchev–Trinajstić information content (AvgIpc) is 3.35. The highest BCUT2D eigenvalue weighted by atomic mass is 16.5. The number of amides is 1. The molecule has 0 saturated heterocycles. The maximum Gasteiger partial charge on any atom is 0.291 e. The van der Waals surface area contributed by atoms with Crippen molar-refractivity contribution in [3.8, 4) is 22.8 Å². The third-order valence-corrected chi connectivity index (χ3v) is 3.59. The van der Waals surface area contributed by atoms with Crippen molar-refractivity contribution in [2.75, 3.05) is 5.32 Å². The highest BCUT2D eigenvalue weighted by Gasteiger charge is 2.11. The van der Waals surface area contributed by atoms with Crippen molar-refractivity contribution in [2.24, 2.45) is 0 Å². The molecule has 1 amide bonds. The van der Waals surface area contributed by atoms with Crippen LogP contribution in [0.25, 0.3) is 22.8 Å². The van der Waals surface area contributed by atoms with Crippen molar-refractivity contribution in [3.05, 3.63) is 78.8 Å². The number of benzene rings is 2. The predicted octanol–water partition coefficient (Wildman–Crippen LogP) is 4.25. The van der Waals surface area contributed by atoms with E-state index >= 15 is 0 Å². The van der Waals surface area contributed by atoms with Crippen LogP contribution in [0.3, 0.4) is 0 Å². The Bertz CT molecular complexity index is 974. The lowest BCUT2D eigenvalue weighted by Gasteiger charge is -2.03. The molecule has 0 aliphatic rings. The van der Waals surface area contributed by atoms with Crippen LogP contribution in [0.4, 0.5) is 5.69 Å². The molecule has 6 nitrogen and oxygen atoms in total. The van der Waals surface area contributed by atoms with E-state index in [4.69, 9.17) is 8.94 Å². The lowest BCUT2D eigenvalue weighted by Crippen LogP contribution is -2.10. The van der Waals surface area contributed by atoms with Crippen molar-refractivity contribution < 1.29 is 13.7 Å². The largest absolute Gasteiger partial charge is 0.459 e. The van der Waals surface area contributed by atoms with E-state index in [1.165, 1.54) is 6.26 Å². The first-order valence-corrected chi connectivity index (χ1v) is 7.64. The maximum atomic E-state index is 11.9. The van der Waals surface area contributed by atoms with Gasteiger partial charge in [0.15, 0.2) is 5.76 Å². The van der Waals surface area contributed by atoms with Crippen molar-refractivity contribution in [1.29, 1.82) is 0 Å². The number of hydrogen-bond donors (Lipinski definition) is 1. The summed E-state index contributed by atoms with van der Waals surface area (Å²) in [4.78, 5) is 16.3. The van der Waals surface area contributed by atoms with Crippen LogP contribution < -0.4 is 5.32 Å². The molecule has 0 aliphatic heterocycles. The quantitative estimate of drug-likeness (QED) is 0.604. The lowest BCUT2D eigenvalue weighted by molar-refractivity contribution is 0.0996. The lowest BCUT2D eigenvalue weighted by atomic mass is 10.2. The zero-order valence-electron chi connectivity index (χ0n) is 13.0. The van der Waals surface area contributed by atoms with Crippen molar-refractivity contribution >= 4 is 11.6 Å². The minimum absolute atomic E-state index is 0.259. The standard InChI is InChI=1S/C19H13N3O3/c23-18(16-7-4-12-24-16)20-15-10-8-13(9-11-15)17-21-19(25-22-17)14-5-2-1-3-6-14/h1-12H,(H,20,23). The Morgan fingerprint density at radius 2 is 1.68 bits per heavy atom. The summed E-state index contributed by atoms with van der Waals surface area (Å²) < 4.78 is 10.4. The molecule has 0 unspecified atom stereocenters. The van der Waals surface area contributed by atoms with Crippen LogP contribution in [0, 0.1) is 0 Å². The molecular formula is C19H13N3O3. The smallest absolute Gasteiger partial charge is 0.291 e. The monoisotopic (exact) mass is 331 g/mol. The Morgan fingerprint density at radius 1 is 0.880 bits per heavy atom. The second-order valence-electron chi connectivity index (χ2n) is 5.30. The van der Waals surface area contributed by atoms with Gasteiger partial charge in [-0.15, -0.1) is 0 Å². The summed E-state index contributed by atoms with van der Waals surface area (Å²) in [5, 5.41) is 6.76. The summed E-state index contributed by atoms with van der Waals surface area (Å²) in [5.74, 6) is 0.909. The Balaban J connectivity index is 1.51. The Hall–Kier alpha value is -3.67. The number of furan rings is 1. The van der Waals surface area contributed by atoms with Crippen LogP contribution in [-0.4, -0.2) is 16.0 Å². The highest BCUT2D eigenvalue weighted by molar-refractivity contribution is 6.02. The second kappa shape index (κ2) is 6.45. The zero-order valence-corrected chi connectivity index (χ0v) is 13.0. The third-order valence-electron chi connectivity index (χ3n) is 3.59. The van der Waals surface area contributed by atoms with Gasteiger partial charge in [-0.25, -0.2) is 0 Å². The summed E-state index contributed by atoms with van der Waals surface area (Å²) in [6, 6.07) is 20.0. The molecule has 0 saturated carbocycles. The number of hydrogen-bond acceptors (Lipinski definition) is 5. The van der Waals surface area contributed by atoms with E-state index in [0.29, 0.717) is 17.4 Å². The molecule has 4 rings (SSSR count). The van der Waals surface area contributed by atoms with Gasteiger partial charge in [0.1, 0.15) is 0 Å². The van der Waals surface area contributed by atoms with Crippen LogP contribution in [0.1, 0.15) is 10.6 Å². The molecule has 4 aromatic rings. The fraction of sp³-hybridized carbons (Fsp3) is 0. The minimum Gasteiger partial charge on any atom is -0.459 e. The number of nitrogens with one attached hydrogen (secondary N) is 1. The van der Waals surface area contributed by atoms with Gasteiger partial charge in [-0.05, 0) is 48.5 Å². The average molecular weight is 331 g/mol. The van der Waals surface area contributed by atoms with Crippen LogP contribution in [0.5, 0.6) is 0 Å². The number of carbonyl (C=O) groups excluding carboxylic acids is 1. The summed E-state index contributed by atoms with van der Waals surface area (Å²) >= 11 is 0. The second-order valence-corrected chi connectivity index (χ2v) is 5.30. The maximum absolute atomic E-state index is 11.9. The van der Waals surface area contributed by atoms with Crippen molar-refractivity contribution in [2.45, 2.75) is 0 Å². The van der Waals surface area contributed by atoms with E-state index in [1.54, 1.807) is 24.3 Å². The SMILES string of the molecule is O=C(Nc1ccc(-c2noc(-c3ccccc3)n2)cc1)c1ccco1. The number of anilines is 1. The number of rotatable bonds is 4. The van der Waals surface area contributed by atoms with Gasteiger partial charge >= 0.3 is 0 Å². The van der Waals surface area contributed by atoms with Gasteiger partial charge in [0.2, 0.25) is 5.82 Å². The van der Waals surface area contributed by atoms with Gasteiger partial charge in [-0.2, -0.15) is 4.98 Å². The van der Waals surface area contributed by atoms with Crippen molar-refractivity contribution in [3.63, 3.8) is 0 Å². The number of aromatic nitrogens is 2. The highest BCUT2D eigenvalue weighted by Crippen LogP contribution is 2.23. The molecule has 2 aromatic carbocycles. The summed E-state index contributed by atoms with van der Waals surface area (Å²) in [6.45, 7) is 0. The summed E-state index contributed by atoms with van der Waals surface area (Å²) in [5.41, 5.74) is 2.31. The first kappa shape index (κ1) is 14.9. The van der Waals surface area contributed by atoms with Gasteiger partial charge in [0.05, 0.1) is 6.26 Å². The van der Waals surface area contributed by atoms with E-state index in [-0.39, 0.29) is 11.7 Å². The van der Waals surface area contributed by atoms with Crippen LogP contribution in [-0.2, 0) is 0 Å². The number of carbonyl (C=O) groups is 1. The number of nitrogens with zero attached hydrogens (tertiary/aromatic N) is 2. The predicted molar refractivity (Wildman–Crippen MR) is 91.8 cm³/mol. The van der Waals surface area contributed by atoms with E-state index in [9.17, 15) is 4.79 Å².